The quantitative estimate of drug-likeness (QED) is 0.177. The van der Waals surface area contributed by atoms with E-state index in [1.165, 1.54) is 0 Å². The Morgan fingerprint density at radius 2 is 1.70 bits per heavy atom. The number of nitrogens with one attached hydrogen (secondary N) is 1. The smallest absolute Gasteiger partial charge is 0.323 e. The fourth-order valence-corrected chi connectivity index (χ4v) is 6.72. The molecule has 0 aliphatic carbocycles. The number of benzene rings is 3. The Kier molecular flexibility index (Phi) is 11.1. The van der Waals surface area contributed by atoms with Gasteiger partial charge in [-0.2, -0.15) is 0 Å². The fraction of sp³-hybridized carbons (Fsp3) is 0.390. The van der Waals surface area contributed by atoms with Crippen LogP contribution >= 0.6 is 0 Å². The van der Waals surface area contributed by atoms with E-state index >= 15 is 0 Å². The highest BCUT2D eigenvalue weighted by Gasteiger charge is 2.42. The molecule has 6 rings (SSSR count). The van der Waals surface area contributed by atoms with Crippen molar-refractivity contribution in [2.75, 3.05) is 13.1 Å². The summed E-state index contributed by atoms with van der Waals surface area (Å²) in [6.45, 7) is 9.60. The third-order valence-electron chi connectivity index (χ3n) is 9.40. The van der Waals surface area contributed by atoms with E-state index < -0.39 is 11.9 Å². The van der Waals surface area contributed by atoms with Gasteiger partial charge in [-0.15, -0.1) is 0 Å². The molecule has 2 fully saturated rings. The molecule has 50 heavy (non-hydrogen) atoms. The molecule has 2 saturated heterocycles. The highest BCUT2D eigenvalue weighted by molar-refractivity contribution is 5.93. The molecule has 9 nitrogen and oxygen atoms in total. The lowest BCUT2D eigenvalue weighted by atomic mass is 9.89. The number of carbonyl (C=O) groups excluding carboxylic acids is 2. The van der Waals surface area contributed by atoms with E-state index in [4.69, 9.17) is 14.2 Å². The van der Waals surface area contributed by atoms with Gasteiger partial charge in [0.1, 0.15) is 11.6 Å². The number of aromatic nitrogens is 1. The molecule has 2 N–H and O–H groups in total. The minimum atomic E-state index is -0.621. The molecule has 1 amide bonds. The van der Waals surface area contributed by atoms with Crippen molar-refractivity contribution in [3.8, 4) is 11.1 Å². The molecule has 2 aliphatic heterocycles. The van der Waals surface area contributed by atoms with E-state index in [0.29, 0.717) is 18.7 Å². The van der Waals surface area contributed by atoms with Gasteiger partial charge >= 0.3 is 5.97 Å². The zero-order chi connectivity index (χ0) is 35.3. The van der Waals surface area contributed by atoms with Gasteiger partial charge in [-0.3, -0.25) is 19.5 Å². The average molecular weight is 678 g/mol. The van der Waals surface area contributed by atoms with E-state index in [2.05, 4.69) is 46.4 Å². The first-order valence-electron chi connectivity index (χ1n) is 17.4. The van der Waals surface area contributed by atoms with Gasteiger partial charge in [0.05, 0.1) is 24.4 Å². The number of esters is 1. The Labute approximate surface area is 294 Å². The number of amides is 1. The Balaban J connectivity index is 1.19. The molecular weight excluding hydrogens is 630 g/mol. The lowest BCUT2D eigenvalue weighted by molar-refractivity contribution is -0.276. The van der Waals surface area contributed by atoms with Crippen molar-refractivity contribution in [3.05, 3.63) is 125 Å². The second-order valence-corrected chi connectivity index (χ2v) is 14.3. The third kappa shape index (κ3) is 8.65. The summed E-state index contributed by atoms with van der Waals surface area (Å²) < 4.78 is 19.2. The number of aliphatic hydroxyl groups excluding tert-OH is 1. The van der Waals surface area contributed by atoms with Crippen LogP contribution in [0.15, 0.2) is 97.3 Å². The van der Waals surface area contributed by atoms with Crippen molar-refractivity contribution in [1.82, 2.24) is 15.2 Å². The monoisotopic (exact) mass is 677 g/mol. The second-order valence-electron chi connectivity index (χ2n) is 14.3. The Bertz CT molecular complexity index is 1740. The minimum absolute atomic E-state index is 0.00762. The Morgan fingerprint density at radius 1 is 0.940 bits per heavy atom. The van der Waals surface area contributed by atoms with Gasteiger partial charge in [-0.1, -0.05) is 73.7 Å². The predicted octanol–water partition coefficient (Wildman–Crippen LogP) is 6.77. The highest BCUT2D eigenvalue weighted by atomic mass is 16.7. The summed E-state index contributed by atoms with van der Waals surface area (Å²) >= 11 is 0. The molecule has 9 heteroatoms. The van der Waals surface area contributed by atoms with E-state index in [0.717, 1.165) is 52.8 Å². The normalized spacial score (nSPS) is 22.6. The minimum Gasteiger partial charge on any atom is -0.459 e. The van der Waals surface area contributed by atoms with Crippen LogP contribution in [0.1, 0.15) is 85.5 Å². The van der Waals surface area contributed by atoms with Crippen LogP contribution in [0.5, 0.6) is 0 Å². The van der Waals surface area contributed by atoms with E-state index in [1.54, 1.807) is 24.5 Å². The molecule has 3 heterocycles. The predicted molar refractivity (Wildman–Crippen MR) is 191 cm³/mol. The molecule has 5 atom stereocenters. The molecule has 0 saturated carbocycles. The Morgan fingerprint density at radius 3 is 2.40 bits per heavy atom. The van der Waals surface area contributed by atoms with E-state index in [1.807, 2.05) is 69.3 Å². The van der Waals surface area contributed by atoms with Crippen LogP contribution in [-0.4, -0.2) is 57.7 Å². The van der Waals surface area contributed by atoms with Crippen LogP contribution in [0.4, 0.5) is 0 Å². The maximum atomic E-state index is 13.2. The number of hydrogen-bond donors (Lipinski definition) is 2. The molecule has 1 aromatic heterocycles. The van der Waals surface area contributed by atoms with Gasteiger partial charge in [0.15, 0.2) is 6.29 Å². The van der Waals surface area contributed by atoms with Crippen LogP contribution < -0.4 is 5.32 Å². The van der Waals surface area contributed by atoms with Gasteiger partial charge in [-0.05, 0) is 86.2 Å². The van der Waals surface area contributed by atoms with Gasteiger partial charge < -0.3 is 24.6 Å². The standard InChI is InChI=1S/C41H47N3O6/c1-27-36(25-44-21-7-11-35(44)39(47)50-41(2,3)4)48-40(49-37(27)31-14-12-28(26-45)13-15-31)32-18-16-30(17-19-32)33-9-5-8-29(22-33)23-43-38(46)34-10-6-20-42-24-34/h5-6,8-10,12-20,22,24,27,35-37,40,45H,7,11,21,23,25-26H2,1-4H3,(H,43,46). The van der Waals surface area contributed by atoms with Crippen molar-refractivity contribution in [2.45, 2.75) is 83.8 Å². The number of carbonyl (C=O) groups is 2. The molecule has 0 radical (unpaired) electrons. The van der Waals surface area contributed by atoms with Crippen LogP contribution in [0.25, 0.3) is 11.1 Å². The number of hydrogen-bond acceptors (Lipinski definition) is 8. The molecule has 0 spiro atoms. The van der Waals surface area contributed by atoms with Crippen LogP contribution in [0.2, 0.25) is 0 Å². The van der Waals surface area contributed by atoms with Gasteiger partial charge in [0, 0.05) is 37.0 Å². The van der Waals surface area contributed by atoms with Crippen molar-refractivity contribution in [1.29, 1.82) is 0 Å². The summed E-state index contributed by atoms with van der Waals surface area (Å²) in [4.78, 5) is 31.9. The van der Waals surface area contributed by atoms with Crippen molar-refractivity contribution in [3.63, 3.8) is 0 Å². The number of aliphatic hydroxyl groups is 1. The van der Waals surface area contributed by atoms with E-state index in [-0.39, 0.29) is 42.7 Å². The van der Waals surface area contributed by atoms with Crippen molar-refractivity contribution < 1.29 is 28.9 Å². The summed E-state index contributed by atoms with van der Waals surface area (Å²) in [6, 6.07) is 27.4. The SMILES string of the molecule is CC1C(CN2CCCC2C(=O)OC(C)(C)C)OC(c2ccc(-c3cccc(CNC(=O)c4cccnc4)c3)cc2)OC1c1ccc(CO)cc1. The topological polar surface area (TPSA) is 110 Å². The molecule has 2 aliphatic rings. The largest absolute Gasteiger partial charge is 0.459 e. The average Bonchev–Trinajstić information content (AvgIpc) is 3.60. The van der Waals surface area contributed by atoms with Gasteiger partial charge in [0.2, 0.25) is 0 Å². The van der Waals surface area contributed by atoms with Gasteiger partial charge in [-0.25, -0.2) is 0 Å². The number of ether oxygens (including phenoxy) is 3. The summed E-state index contributed by atoms with van der Waals surface area (Å²) in [5.41, 5.74) is 5.78. The third-order valence-corrected chi connectivity index (χ3v) is 9.40. The zero-order valence-electron chi connectivity index (χ0n) is 29.2. The summed E-state index contributed by atoms with van der Waals surface area (Å²) in [7, 11) is 0. The van der Waals surface area contributed by atoms with Crippen LogP contribution in [0.3, 0.4) is 0 Å². The first-order chi connectivity index (χ1) is 24.1. The van der Waals surface area contributed by atoms with Crippen molar-refractivity contribution >= 4 is 11.9 Å². The fourth-order valence-electron chi connectivity index (χ4n) is 6.72. The molecule has 5 unspecified atom stereocenters. The number of nitrogens with zero attached hydrogens (tertiary/aromatic N) is 2. The molecule has 3 aromatic carbocycles. The maximum Gasteiger partial charge on any atom is 0.323 e. The second kappa shape index (κ2) is 15.6. The van der Waals surface area contributed by atoms with Crippen LogP contribution in [0, 0.1) is 5.92 Å². The maximum absolute atomic E-state index is 13.2. The lowest BCUT2D eigenvalue weighted by Gasteiger charge is -2.43. The van der Waals surface area contributed by atoms with Gasteiger partial charge in [0.25, 0.3) is 5.91 Å². The number of likely N-dealkylation sites (tertiary alicyclic amines) is 1. The zero-order valence-corrected chi connectivity index (χ0v) is 29.2. The Hall–Kier alpha value is -4.41. The number of pyridine rings is 1. The summed E-state index contributed by atoms with van der Waals surface area (Å²) in [5, 5.41) is 12.6. The highest BCUT2D eigenvalue weighted by Crippen LogP contribution is 2.42. The first-order valence-corrected chi connectivity index (χ1v) is 17.4. The molecular formula is C41H47N3O6. The molecule has 4 aromatic rings. The summed E-state index contributed by atoms with van der Waals surface area (Å²) in [5.74, 6) is -0.356. The lowest BCUT2D eigenvalue weighted by Crippen LogP contribution is -2.48. The van der Waals surface area contributed by atoms with E-state index in [9.17, 15) is 14.7 Å². The summed E-state index contributed by atoms with van der Waals surface area (Å²) in [6.07, 6.45) is 3.80. The molecule has 262 valence electrons. The number of rotatable bonds is 10. The van der Waals surface area contributed by atoms with Crippen molar-refractivity contribution in [2.24, 2.45) is 5.92 Å². The molecule has 0 bridgehead atoms. The first kappa shape index (κ1) is 35.4. The van der Waals surface area contributed by atoms with Crippen LogP contribution in [-0.2, 0) is 32.2 Å².